The maximum atomic E-state index is 11.7. The molecule has 1 aromatic rings. The van der Waals surface area contributed by atoms with Crippen molar-refractivity contribution >= 4 is 18.3 Å². The monoisotopic (exact) mass is 246 g/mol. The van der Waals surface area contributed by atoms with Crippen LogP contribution in [0, 0.1) is 0 Å². The summed E-state index contributed by atoms with van der Waals surface area (Å²) >= 11 is 0. The van der Waals surface area contributed by atoms with Gasteiger partial charge >= 0.3 is 0 Å². The first-order valence-electron chi connectivity index (χ1n) is 5.10. The molecule has 0 fully saturated rings. The largest absolute Gasteiger partial charge is 0.349 e. The number of nitrogens with zero attached hydrogens (tertiary/aromatic N) is 1. The third kappa shape index (κ3) is 4.20. The Morgan fingerprint density at radius 1 is 1.69 bits per heavy atom. The molecule has 1 rings (SSSR count). The van der Waals surface area contributed by atoms with Crippen molar-refractivity contribution in [1.29, 1.82) is 0 Å². The molecular weight excluding hydrogens is 228 g/mol. The molecule has 16 heavy (non-hydrogen) atoms. The fraction of sp³-hybridized carbons (Fsp3) is 0.600. The Bertz CT molecular complexity index is 311. The normalized spacial score (nSPS) is 13.7. The molecule has 0 aromatic carbocycles. The van der Waals surface area contributed by atoms with Crippen LogP contribution in [0.15, 0.2) is 12.5 Å². The van der Waals surface area contributed by atoms with Crippen LogP contribution in [0.1, 0.15) is 32.4 Å². The summed E-state index contributed by atoms with van der Waals surface area (Å²) in [7, 11) is 0. The lowest BCUT2D eigenvalue weighted by Gasteiger charge is -2.22. The van der Waals surface area contributed by atoms with Crippen molar-refractivity contribution in [3.05, 3.63) is 18.2 Å². The zero-order valence-corrected chi connectivity index (χ0v) is 10.4. The predicted molar refractivity (Wildman–Crippen MR) is 65.2 cm³/mol. The summed E-state index contributed by atoms with van der Waals surface area (Å²) in [5.74, 6) is -0.126. The Balaban J connectivity index is 0.00000225. The van der Waals surface area contributed by atoms with Crippen LogP contribution in [0.4, 0.5) is 0 Å². The van der Waals surface area contributed by atoms with Crippen molar-refractivity contribution in [2.75, 3.05) is 0 Å². The van der Waals surface area contributed by atoms with Gasteiger partial charge < -0.3 is 16.0 Å². The van der Waals surface area contributed by atoms with Gasteiger partial charge in [0.1, 0.15) is 0 Å². The van der Waals surface area contributed by atoms with Gasteiger partial charge in [0, 0.05) is 6.20 Å². The van der Waals surface area contributed by atoms with Crippen molar-refractivity contribution in [3.63, 3.8) is 0 Å². The molecule has 0 aliphatic rings. The molecule has 0 aliphatic carbocycles. The zero-order chi connectivity index (χ0) is 11.3. The van der Waals surface area contributed by atoms with Crippen molar-refractivity contribution in [2.24, 2.45) is 5.73 Å². The van der Waals surface area contributed by atoms with Gasteiger partial charge in [0.25, 0.3) is 0 Å². The summed E-state index contributed by atoms with van der Waals surface area (Å²) < 4.78 is 0. The second-order valence-electron chi connectivity index (χ2n) is 3.93. The van der Waals surface area contributed by atoms with Gasteiger partial charge in [-0.3, -0.25) is 4.79 Å². The molecule has 5 nitrogen and oxygen atoms in total. The highest BCUT2D eigenvalue weighted by Crippen LogP contribution is 2.08. The summed E-state index contributed by atoms with van der Waals surface area (Å²) in [6, 6.07) is 0. The van der Waals surface area contributed by atoms with Crippen LogP contribution < -0.4 is 11.1 Å². The number of nitrogens with two attached hydrogens (primary N) is 1. The topological polar surface area (TPSA) is 83.8 Å². The molecule has 0 saturated heterocycles. The van der Waals surface area contributed by atoms with Crippen LogP contribution >= 0.6 is 12.4 Å². The van der Waals surface area contributed by atoms with E-state index >= 15 is 0 Å². The lowest BCUT2D eigenvalue weighted by Crippen LogP contribution is -2.51. The molecule has 0 radical (unpaired) electrons. The Morgan fingerprint density at radius 3 is 2.88 bits per heavy atom. The Morgan fingerprint density at radius 2 is 2.38 bits per heavy atom. The number of carbonyl (C=O) groups excluding carboxylic acids is 1. The quantitative estimate of drug-likeness (QED) is 0.724. The first-order chi connectivity index (χ1) is 7.06. The smallest absolute Gasteiger partial charge is 0.240 e. The third-order valence-corrected chi connectivity index (χ3v) is 2.28. The molecule has 1 atom stereocenters. The average Bonchev–Trinajstić information content (AvgIpc) is 2.66. The minimum absolute atomic E-state index is 0. The van der Waals surface area contributed by atoms with Crippen LogP contribution in [0.2, 0.25) is 0 Å². The number of amides is 1. The van der Waals surface area contributed by atoms with Gasteiger partial charge in [-0.1, -0.05) is 13.3 Å². The van der Waals surface area contributed by atoms with E-state index in [0.717, 1.165) is 12.1 Å². The predicted octanol–water partition coefficient (Wildman–Crippen LogP) is 0.965. The number of rotatable bonds is 5. The Kier molecular flexibility index (Phi) is 6.06. The van der Waals surface area contributed by atoms with Crippen LogP contribution in [-0.4, -0.2) is 21.4 Å². The van der Waals surface area contributed by atoms with Crippen molar-refractivity contribution in [3.8, 4) is 0 Å². The number of hydrogen-bond donors (Lipinski definition) is 3. The second kappa shape index (κ2) is 6.50. The summed E-state index contributed by atoms with van der Waals surface area (Å²) in [6.45, 7) is 4.20. The lowest BCUT2D eigenvalue weighted by atomic mass is 9.96. The number of aromatic nitrogens is 2. The van der Waals surface area contributed by atoms with E-state index in [2.05, 4.69) is 15.3 Å². The highest BCUT2D eigenvalue weighted by molar-refractivity contribution is 5.85. The summed E-state index contributed by atoms with van der Waals surface area (Å²) in [6.07, 6.45) is 4.83. The van der Waals surface area contributed by atoms with Gasteiger partial charge in [-0.2, -0.15) is 0 Å². The molecule has 6 heteroatoms. The van der Waals surface area contributed by atoms with Crippen LogP contribution in [0.5, 0.6) is 0 Å². The van der Waals surface area contributed by atoms with Crippen molar-refractivity contribution < 1.29 is 4.79 Å². The van der Waals surface area contributed by atoms with E-state index in [1.165, 1.54) is 0 Å². The molecular formula is C10H19ClN4O. The Hall–Kier alpha value is -1.07. The van der Waals surface area contributed by atoms with E-state index in [1.54, 1.807) is 19.4 Å². The first-order valence-corrected chi connectivity index (χ1v) is 5.10. The minimum Gasteiger partial charge on any atom is -0.349 e. The van der Waals surface area contributed by atoms with Crippen LogP contribution in [0.3, 0.4) is 0 Å². The van der Waals surface area contributed by atoms with E-state index < -0.39 is 5.54 Å². The lowest BCUT2D eigenvalue weighted by molar-refractivity contribution is -0.126. The minimum atomic E-state index is -0.783. The number of H-pyrrole nitrogens is 1. The molecule has 4 N–H and O–H groups in total. The highest BCUT2D eigenvalue weighted by Gasteiger charge is 2.26. The van der Waals surface area contributed by atoms with Crippen LogP contribution in [0.25, 0.3) is 0 Å². The molecule has 0 bridgehead atoms. The summed E-state index contributed by atoms with van der Waals surface area (Å²) in [5, 5.41) is 2.77. The number of hydrogen-bond acceptors (Lipinski definition) is 3. The Labute approximate surface area is 102 Å². The third-order valence-electron chi connectivity index (χ3n) is 2.28. The number of aromatic amines is 1. The van der Waals surface area contributed by atoms with Gasteiger partial charge in [0.05, 0.1) is 24.1 Å². The van der Waals surface area contributed by atoms with Crippen molar-refractivity contribution in [2.45, 2.75) is 38.8 Å². The number of carbonyl (C=O) groups is 1. The van der Waals surface area contributed by atoms with E-state index in [4.69, 9.17) is 5.73 Å². The molecule has 0 saturated carbocycles. The highest BCUT2D eigenvalue weighted by atomic mass is 35.5. The van der Waals surface area contributed by atoms with E-state index in [9.17, 15) is 4.79 Å². The van der Waals surface area contributed by atoms with E-state index in [1.807, 2.05) is 6.92 Å². The van der Waals surface area contributed by atoms with Gasteiger partial charge in [0.15, 0.2) is 0 Å². The fourth-order valence-electron chi connectivity index (χ4n) is 1.39. The first kappa shape index (κ1) is 14.9. The molecule has 0 aliphatic heterocycles. The van der Waals surface area contributed by atoms with Gasteiger partial charge in [-0.05, 0) is 13.3 Å². The second-order valence-corrected chi connectivity index (χ2v) is 3.93. The fourth-order valence-corrected chi connectivity index (χ4v) is 1.39. The maximum absolute atomic E-state index is 11.7. The number of nitrogens with one attached hydrogen (secondary N) is 2. The van der Waals surface area contributed by atoms with Crippen molar-refractivity contribution in [1.82, 2.24) is 15.3 Å². The molecule has 1 amide bonds. The SMILES string of the molecule is CCCC(C)(N)C(=O)NCc1cnc[nH]1.Cl. The number of imidazole rings is 1. The van der Waals surface area contributed by atoms with Gasteiger partial charge in [0.2, 0.25) is 5.91 Å². The number of halogens is 1. The molecule has 0 spiro atoms. The molecule has 1 aromatic heterocycles. The maximum Gasteiger partial charge on any atom is 0.240 e. The standard InChI is InChI=1S/C10H18N4O.ClH/c1-3-4-10(2,11)9(15)13-6-8-5-12-7-14-8;/h5,7H,3-4,6,11H2,1-2H3,(H,12,14)(H,13,15);1H. The van der Waals surface area contributed by atoms with E-state index in [-0.39, 0.29) is 18.3 Å². The molecule has 1 heterocycles. The van der Waals surface area contributed by atoms with Gasteiger partial charge in [-0.15, -0.1) is 12.4 Å². The zero-order valence-electron chi connectivity index (χ0n) is 9.62. The summed E-state index contributed by atoms with van der Waals surface area (Å²) in [4.78, 5) is 18.4. The van der Waals surface area contributed by atoms with E-state index in [0.29, 0.717) is 13.0 Å². The summed E-state index contributed by atoms with van der Waals surface area (Å²) in [5.41, 5.74) is 5.96. The molecule has 92 valence electrons. The average molecular weight is 247 g/mol. The van der Waals surface area contributed by atoms with Gasteiger partial charge in [-0.25, -0.2) is 4.98 Å². The van der Waals surface area contributed by atoms with Crippen LogP contribution in [-0.2, 0) is 11.3 Å². The molecule has 1 unspecified atom stereocenters.